The van der Waals surface area contributed by atoms with E-state index in [-0.39, 0.29) is 0 Å². The summed E-state index contributed by atoms with van der Waals surface area (Å²) in [7, 11) is 1.72. The Bertz CT molecular complexity index is 91.2. The Morgan fingerprint density at radius 1 is 1.67 bits per heavy atom. The van der Waals surface area contributed by atoms with Gasteiger partial charge in [0.25, 0.3) is 0 Å². The molecule has 0 rings (SSSR count). The van der Waals surface area contributed by atoms with Gasteiger partial charge in [0.2, 0.25) is 0 Å². The predicted molar refractivity (Wildman–Crippen MR) is 39.2 cm³/mol. The van der Waals surface area contributed by atoms with Crippen molar-refractivity contribution in [3.05, 3.63) is 0 Å². The summed E-state index contributed by atoms with van der Waals surface area (Å²) < 4.78 is 5.03. The Kier molecular flexibility index (Phi) is 5.35. The maximum atomic E-state index is 5.07. The van der Waals surface area contributed by atoms with E-state index in [9.17, 15) is 0 Å². The smallest absolute Gasteiger partial charge is 0.0543 e. The minimum absolute atomic E-state index is 0.360. The van der Waals surface area contributed by atoms with Gasteiger partial charge in [0, 0.05) is 13.5 Å². The molecular formula is C8H14O. The minimum Gasteiger partial charge on any atom is -0.382 e. The molecule has 0 aliphatic heterocycles. The van der Waals surface area contributed by atoms with Gasteiger partial charge in [0.05, 0.1) is 6.10 Å². The SMILES string of the molecule is C#CCCCC(C)OC. The van der Waals surface area contributed by atoms with Crippen LogP contribution in [-0.4, -0.2) is 13.2 Å². The zero-order valence-corrected chi connectivity index (χ0v) is 6.18. The highest BCUT2D eigenvalue weighted by atomic mass is 16.5. The molecule has 52 valence electrons. The second-order valence-electron chi connectivity index (χ2n) is 2.14. The number of hydrogen-bond acceptors (Lipinski definition) is 1. The third-order valence-corrected chi connectivity index (χ3v) is 1.33. The Morgan fingerprint density at radius 3 is 2.78 bits per heavy atom. The van der Waals surface area contributed by atoms with Crippen LogP contribution in [0.5, 0.6) is 0 Å². The first kappa shape index (κ1) is 8.52. The third kappa shape index (κ3) is 5.39. The van der Waals surface area contributed by atoms with Crippen LogP contribution in [0, 0.1) is 12.3 Å². The largest absolute Gasteiger partial charge is 0.382 e. The van der Waals surface area contributed by atoms with Crippen molar-refractivity contribution in [3.63, 3.8) is 0 Å². The molecule has 0 aromatic heterocycles. The third-order valence-electron chi connectivity index (χ3n) is 1.33. The van der Waals surface area contributed by atoms with Crippen molar-refractivity contribution in [2.45, 2.75) is 32.3 Å². The van der Waals surface area contributed by atoms with Crippen LogP contribution in [0.15, 0.2) is 0 Å². The van der Waals surface area contributed by atoms with E-state index in [1.54, 1.807) is 7.11 Å². The number of hydrogen-bond donors (Lipinski definition) is 0. The normalized spacial score (nSPS) is 12.6. The van der Waals surface area contributed by atoms with Crippen molar-refractivity contribution in [1.29, 1.82) is 0 Å². The van der Waals surface area contributed by atoms with Crippen LogP contribution in [-0.2, 0) is 4.74 Å². The van der Waals surface area contributed by atoms with Crippen molar-refractivity contribution in [2.24, 2.45) is 0 Å². The van der Waals surface area contributed by atoms with Crippen LogP contribution in [0.4, 0.5) is 0 Å². The van der Waals surface area contributed by atoms with Crippen LogP contribution in [0.2, 0.25) is 0 Å². The fourth-order valence-electron chi connectivity index (χ4n) is 0.609. The van der Waals surface area contributed by atoms with Crippen molar-refractivity contribution in [3.8, 4) is 12.3 Å². The molecule has 0 aliphatic rings. The molecule has 1 heteroatoms. The van der Waals surface area contributed by atoms with Gasteiger partial charge < -0.3 is 4.74 Å². The maximum absolute atomic E-state index is 5.07. The summed E-state index contributed by atoms with van der Waals surface area (Å²) in [5, 5.41) is 0. The average Bonchev–Trinajstić information content (AvgIpc) is 1.89. The van der Waals surface area contributed by atoms with Crippen LogP contribution in [0.1, 0.15) is 26.2 Å². The second kappa shape index (κ2) is 5.65. The summed E-state index contributed by atoms with van der Waals surface area (Å²) in [4.78, 5) is 0. The van der Waals surface area contributed by atoms with Gasteiger partial charge in [-0.3, -0.25) is 0 Å². The number of rotatable bonds is 4. The molecule has 0 aromatic carbocycles. The van der Waals surface area contributed by atoms with Gasteiger partial charge in [0.1, 0.15) is 0 Å². The number of terminal acetylenes is 1. The van der Waals surface area contributed by atoms with E-state index >= 15 is 0 Å². The lowest BCUT2D eigenvalue weighted by atomic mass is 10.2. The molecule has 1 nitrogen and oxygen atoms in total. The van der Waals surface area contributed by atoms with Gasteiger partial charge in [-0.05, 0) is 19.8 Å². The highest BCUT2D eigenvalue weighted by molar-refractivity contribution is 4.83. The molecule has 0 N–H and O–H groups in total. The van der Waals surface area contributed by atoms with E-state index in [0.717, 1.165) is 19.3 Å². The average molecular weight is 126 g/mol. The summed E-state index contributed by atoms with van der Waals surface area (Å²) >= 11 is 0. The van der Waals surface area contributed by atoms with Crippen molar-refractivity contribution in [2.75, 3.05) is 7.11 Å². The Labute approximate surface area is 57.4 Å². The van der Waals surface area contributed by atoms with Crippen LogP contribution in [0.3, 0.4) is 0 Å². The molecule has 0 saturated heterocycles. The van der Waals surface area contributed by atoms with Gasteiger partial charge in [-0.25, -0.2) is 0 Å². The Balaban J connectivity index is 2.99. The second-order valence-corrected chi connectivity index (χ2v) is 2.14. The van der Waals surface area contributed by atoms with Crippen molar-refractivity contribution >= 4 is 0 Å². The highest BCUT2D eigenvalue weighted by Gasteiger charge is 1.95. The summed E-state index contributed by atoms with van der Waals surface area (Å²) in [6, 6.07) is 0. The molecule has 0 heterocycles. The van der Waals surface area contributed by atoms with E-state index in [2.05, 4.69) is 12.8 Å². The molecule has 1 atom stereocenters. The molecule has 0 aromatic rings. The summed E-state index contributed by atoms with van der Waals surface area (Å²) in [5.41, 5.74) is 0. The maximum Gasteiger partial charge on any atom is 0.0543 e. The summed E-state index contributed by atoms with van der Waals surface area (Å²) in [6.45, 7) is 2.05. The number of unbranched alkanes of at least 4 members (excludes halogenated alkanes) is 1. The van der Waals surface area contributed by atoms with Gasteiger partial charge in [-0.15, -0.1) is 12.3 Å². The van der Waals surface area contributed by atoms with E-state index < -0.39 is 0 Å². The van der Waals surface area contributed by atoms with E-state index in [1.165, 1.54) is 0 Å². The lowest BCUT2D eigenvalue weighted by Crippen LogP contribution is -2.03. The van der Waals surface area contributed by atoms with E-state index in [4.69, 9.17) is 11.2 Å². The van der Waals surface area contributed by atoms with Crippen molar-refractivity contribution < 1.29 is 4.74 Å². The van der Waals surface area contributed by atoms with Gasteiger partial charge in [-0.1, -0.05) is 0 Å². The number of methoxy groups -OCH3 is 1. The molecule has 0 radical (unpaired) electrons. The minimum atomic E-state index is 0.360. The molecule has 1 unspecified atom stereocenters. The summed E-state index contributed by atoms with van der Waals surface area (Å²) in [6.07, 6.45) is 8.44. The molecule has 0 fully saturated rings. The van der Waals surface area contributed by atoms with Crippen molar-refractivity contribution in [1.82, 2.24) is 0 Å². The monoisotopic (exact) mass is 126 g/mol. The Morgan fingerprint density at radius 2 is 2.33 bits per heavy atom. The predicted octanol–water partition coefficient (Wildman–Crippen LogP) is 1.82. The molecular weight excluding hydrogens is 112 g/mol. The standard InChI is InChI=1S/C8H14O/c1-4-5-6-7-8(2)9-3/h1,8H,5-7H2,2-3H3. The van der Waals surface area contributed by atoms with Crippen LogP contribution < -0.4 is 0 Å². The zero-order valence-electron chi connectivity index (χ0n) is 6.18. The molecule has 0 spiro atoms. The first-order chi connectivity index (χ1) is 4.31. The van der Waals surface area contributed by atoms with E-state index in [0.29, 0.717) is 6.10 Å². The fourth-order valence-corrected chi connectivity index (χ4v) is 0.609. The fraction of sp³-hybridized carbons (Fsp3) is 0.750. The molecule has 0 aliphatic carbocycles. The first-order valence-electron chi connectivity index (χ1n) is 3.27. The molecule has 0 amide bonds. The number of ether oxygens (including phenoxy) is 1. The first-order valence-corrected chi connectivity index (χ1v) is 3.27. The lowest BCUT2D eigenvalue weighted by molar-refractivity contribution is 0.109. The molecule has 9 heavy (non-hydrogen) atoms. The quantitative estimate of drug-likeness (QED) is 0.412. The van der Waals surface area contributed by atoms with Gasteiger partial charge in [0.15, 0.2) is 0 Å². The van der Waals surface area contributed by atoms with Crippen LogP contribution >= 0.6 is 0 Å². The Hall–Kier alpha value is -0.480. The van der Waals surface area contributed by atoms with Gasteiger partial charge in [-0.2, -0.15) is 0 Å². The summed E-state index contributed by atoms with van der Waals surface area (Å²) in [5.74, 6) is 2.59. The lowest BCUT2D eigenvalue weighted by Gasteiger charge is -2.05. The van der Waals surface area contributed by atoms with Gasteiger partial charge >= 0.3 is 0 Å². The highest BCUT2D eigenvalue weighted by Crippen LogP contribution is 2.01. The topological polar surface area (TPSA) is 9.23 Å². The molecule has 0 bridgehead atoms. The zero-order chi connectivity index (χ0) is 7.11. The van der Waals surface area contributed by atoms with E-state index in [1.807, 2.05) is 0 Å². The molecule has 0 saturated carbocycles. The van der Waals surface area contributed by atoms with Crippen LogP contribution in [0.25, 0.3) is 0 Å².